The Morgan fingerprint density at radius 3 is 2.38 bits per heavy atom. The minimum absolute atomic E-state index is 0.319. The van der Waals surface area contributed by atoms with Gasteiger partial charge in [-0.15, -0.1) is 0 Å². The van der Waals surface area contributed by atoms with E-state index in [1.165, 1.54) is 19.3 Å². The molecule has 0 radical (unpaired) electrons. The normalized spacial score (nSPS) is 18.2. The fraction of sp³-hybridized carbons (Fsp3) is 0.538. The zero-order valence-electron chi connectivity index (χ0n) is 9.47. The molecule has 1 aromatic rings. The predicted octanol–water partition coefficient (Wildman–Crippen LogP) is 4.44. The smallest absolute Gasteiger partial charge is 0.0468 e. The monoisotopic (exact) mass is 257 g/mol. The molecule has 1 saturated carbocycles. The highest BCUT2D eigenvalue weighted by atomic mass is 35.5. The van der Waals surface area contributed by atoms with Crippen LogP contribution >= 0.6 is 23.2 Å². The predicted molar refractivity (Wildman–Crippen MR) is 70.2 cm³/mol. The Morgan fingerprint density at radius 2 is 1.94 bits per heavy atom. The molecule has 1 aliphatic rings. The molecule has 88 valence electrons. The summed E-state index contributed by atoms with van der Waals surface area (Å²) in [5, 5.41) is 5.08. The number of nitrogens with one attached hydrogen (secondary N) is 1. The van der Waals surface area contributed by atoms with Crippen molar-refractivity contribution in [1.82, 2.24) is 5.32 Å². The van der Waals surface area contributed by atoms with Crippen molar-refractivity contribution in [3.63, 3.8) is 0 Å². The quantitative estimate of drug-likeness (QED) is 0.841. The fourth-order valence-corrected chi connectivity index (χ4v) is 2.94. The summed E-state index contributed by atoms with van der Waals surface area (Å²) in [6, 6.07) is 6.06. The Kier molecular flexibility index (Phi) is 4.12. The summed E-state index contributed by atoms with van der Waals surface area (Å²) in [6.07, 6.45) is 3.88. The van der Waals surface area contributed by atoms with E-state index in [0.717, 1.165) is 22.2 Å². The first-order valence-corrected chi connectivity index (χ1v) is 6.67. The van der Waals surface area contributed by atoms with Crippen molar-refractivity contribution in [2.75, 3.05) is 6.54 Å². The van der Waals surface area contributed by atoms with Gasteiger partial charge in [0.2, 0.25) is 0 Å². The Balaban J connectivity index is 2.29. The van der Waals surface area contributed by atoms with Gasteiger partial charge in [-0.05, 0) is 37.4 Å². The van der Waals surface area contributed by atoms with E-state index in [1.54, 1.807) is 0 Å². The van der Waals surface area contributed by atoms with Crippen LogP contribution in [-0.2, 0) is 0 Å². The molecule has 1 fully saturated rings. The van der Waals surface area contributed by atoms with Crippen LogP contribution in [0.2, 0.25) is 10.0 Å². The third-order valence-electron chi connectivity index (χ3n) is 3.36. The molecule has 1 unspecified atom stereocenters. The van der Waals surface area contributed by atoms with Gasteiger partial charge in [0.1, 0.15) is 0 Å². The van der Waals surface area contributed by atoms with Crippen LogP contribution in [0, 0.1) is 5.92 Å². The van der Waals surface area contributed by atoms with Gasteiger partial charge in [0, 0.05) is 21.7 Å². The van der Waals surface area contributed by atoms with E-state index < -0.39 is 0 Å². The molecule has 2 rings (SSSR count). The van der Waals surface area contributed by atoms with Crippen molar-refractivity contribution in [2.24, 2.45) is 5.92 Å². The van der Waals surface area contributed by atoms with E-state index in [1.807, 2.05) is 18.2 Å². The molecule has 0 spiro atoms. The molecule has 1 N–H and O–H groups in total. The molecule has 3 heteroatoms. The molecular formula is C13H17Cl2N. The Bertz CT molecular complexity index is 341. The molecule has 0 saturated heterocycles. The summed E-state index contributed by atoms with van der Waals surface area (Å²) >= 11 is 12.5. The summed E-state index contributed by atoms with van der Waals surface area (Å²) in [5.74, 6) is 0.692. The van der Waals surface area contributed by atoms with Crippen LogP contribution in [0.5, 0.6) is 0 Å². The molecule has 1 atom stereocenters. The molecule has 0 heterocycles. The van der Waals surface area contributed by atoms with Crippen molar-refractivity contribution in [1.29, 1.82) is 0 Å². The van der Waals surface area contributed by atoms with Crippen molar-refractivity contribution in [3.8, 4) is 0 Å². The van der Waals surface area contributed by atoms with E-state index in [2.05, 4.69) is 12.2 Å². The van der Waals surface area contributed by atoms with Crippen molar-refractivity contribution >= 4 is 23.2 Å². The highest BCUT2D eigenvalue weighted by Gasteiger charge is 2.30. The van der Waals surface area contributed by atoms with Gasteiger partial charge in [-0.1, -0.05) is 42.6 Å². The van der Waals surface area contributed by atoms with Gasteiger partial charge in [-0.3, -0.25) is 0 Å². The number of hydrogen-bond donors (Lipinski definition) is 1. The summed E-state index contributed by atoms with van der Waals surface area (Å²) in [6.45, 7) is 3.07. The first-order chi connectivity index (χ1) is 7.74. The lowest BCUT2D eigenvalue weighted by atomic mass is 9.77. The second-order valence-corrected chi connectivity index (χ2v) is 5.18. The van der Waals surface area contributed by atoms with E-state index in [0.29, 0.717) is 12.0 Å². The van der Waals surface area contributed by atoms with Gasteiger partial charge in [-0.2, -0.15) is 0 Å². The number of benzene rings is 1. The highest BCUT2D eigenvalue weighted by molar-refractivity contribution is 6.36. The summed E-state index contributed by atoms with van der Waals surface area (Å²) in [5.41, 5.74) is 1.08. The van der Waals surface area contributed by atoms with E-state index in [-0.39, 0.29) is 0 Å². The summed E-state index contributed by atoms with van der Waals surface area (Å²) in [7, 11) is 0. The largest absolute Gasteiger partial charge is 0.310 e. The average Bonchev–Trinajstić information content (AvgIpc) is 2.14. The lowest BCUT2D eigenvalue weighted by Gasteiger charge is -2.35. The molecule has 1 aromatic carbocycles. The van der Waals surface area contributed by atoms with Crippen LogP contribution in [0.3, 0.4) is 0 Å². The molecule has 0 amide bonds. The second-order valence-electron chi connectivity index (χ2n) is 4.36. The topological polar surface area (TPSA) is 12.0 Å². The maximum absolute atomic E-state index is 6.26. The lowest BCUT2D eigenvalue weighted by Crippen LogP contribution is -2.32. The SMILES string of the molecule is CCNC(c1c(Cl)cccc1Cl)C1CCC1. The molecule has 0 bridgehead atoms. The van der Waals surface area contributed by atoms with E-state index >= 15 is 0 Å². The van der Waals surface area contributed by atoms with Gasteiger partial charge >= 0.3 is 0 Å². The Morgan fingerprint density at radius 1 is 1.31 bits per heavy atom. The third kappa shape index (κ3) is 2.37. The van der Waals surface area contributed by atoms with Crippen LogP contribution < -0.4 is 5.32 Å². The second kappa shape index (κ2) is 5.39. The highest BCUT2D eigenvalue weighted by Crippen LogP contribution is 2.42. The summed E-state index contributed by atoms with van der Waals surface area (Å²) in [4.78, 5) is 0. The maximum Gasteiger partial charge on any atom is 0.0468 e. The molecule has 0 aliphatic heterocycles. The van der Waals surface area contributed by atoms with Crippen molar-refractivity contribution < 1.29 is 0 Å². The van der Waals surface area contributed by atoms with Crippen molar-refractivity contribution in [3.05, 3.63) is 33.8 Å². The first-order valence-electron chi connectivity index (χ1n) is 5.91. The number of rotatable bonds is 4. The van der Waals surface area contributed by atoms with Crippen LogP contribution in [0.25, 0.3) is 0 Å². The standard InChI is InChI=1S/C13H17Cl2N/c1-2-16-13(9-5-3-6-9)12-10(14)7-4-8-11(12)15/h4,7-9,13,16H,2-3,5-6H2,1H3. The lowest BCUT2D eigenvalue weighted by molar-refractivity contribution is 0.233. The van der Waals surface area contributed by atoms with Crippen molar-refractivity contribution in [2.45, 2.75) is 32.2 Å². The fourth-order valence-electron chi connectivity index (χ4n) is 2.31. The molecular weight excluding hydrogens is 241 g/mol. The minimum atomic E-state index is 0.319. The van der Waals surface area contributed by atoms with E-state index in [4.69, 9.17) is 23.2 Å². The first kappa shape index (κ1) is 12.2. The zero-order valence-corrected chi connectivity index (χ0v) is 11.0. The molecule has 1 aliphatic carbocycles. The Hall–Kier alpha value is -0.240. The summed E-state index contributed by atoms with van der Waals surface area (Å²) < 4.78 is 0. The van der Waals surface area contributed by atoms with Crippen LogP contribution in [0.4, 0.5) is 0 Å². The Labute approximate surface area is 107 Å². The van der Waals surface area contributed by atoms with Gasteiger partial charge in [0.15, 0.2) is 0 Å². The maximum atomic E-state index is 6.26. The minimum Gasteiger partial charge on any atom is -0.310 e. The average molecular weight is 258 g/mol. The van der Waals surface area contributed by atoms with Crippen LogP contribution in [-0.4, -0.2) is 6.54 Å². The van der Waals surface area contributed by atoms with Gasteiger partial charge in [0.25, 0.3) is 0 Å². The van der Waals surface area contributed by atoms with Gasteiger partial charge < -0.3 is 5.32 Å². The van der Waals surface area contributed by atoms with Crippen LogP contribution in [0.1, 0.15) is 37.8 Å². The number of halogens is 2. The molecule has 0 aromatic heterocycles. The molecule has 1 nitrogen and oxygen atoms in total. The van der Waals surface area contributed by atoms with E-state index in [9.17, 15) is 0 Å². The number of hydrogen-bond acceptors (Lipinski definition) is 1. The van der Waals surface area contributed by atoms with Gasteiger partial charge in [-0.25, -0.2) is 0 Å². The molecule has 16 heavy (non-hydrogen) atoms. The zero-order chi connectivity index (χ0) is 11.5. The third-order valence-corrected chi connectivity index (χ3v) is 4.02. The van der Waals surface area contributed by atoms with Crippen LogP contribution in [0.15, 0.2) is 18.2 Å². The van der Waals surface area contributed by atoms with Gasteiger partial charge in [0.05, 0.1) is 0 Å².